The Hall–Kier alpha value is -9.45. The van der Waals surface area contributed by atoms with Crippen LogP contribution >= 0.6 is 0 Å². The molecule has 0 aliphatic rings. The molecule has 0 spiro atoms. The number of esters is 3. The molecule has 3 heterocycles. The molecular weight excluding hydrogens is 919 g/mol. The van der Waals surface area contributed by atoms with Crippen molar-refractivity contribution in [3.05, 3.63) is 198 Å². The monoisotopic (exact) mass is 969 g/mol. The molecule has 72 heavy (non-hydrogen) atoms. The minimum absolute atomic E-state index is 0.357. The van der Waals surface area contributed by atoms with E-state index in [-0.39, 0.29) is 17.9 Å². The van der Waals surface area contributed by atoms with E-state index in [1.807, 2.05) is 128 Å². The van der Waals surface area contributed by atoms with Gasteiger partial charge in [0.15, 0.2) is 0 Å². The summed E-state index contributed by atoms with van der Waals surface area (Å²) in [6, 6.07) is 44.7. The quantitative estimate of drug-likeness (QED) is 0.0701. The van der Waals surface area contributed by atoms with Crippen LogP contribution in [0.4, 0.5) is 0 Å². The van der Waals surface area contributed by atoms with E-state index in [1.165, 1.54) is 21.3 Å². The van der Waals surface area contributed by atoms with E-state index in [4.69, 9.17) is 14.2 Å². The Labute approximate surface area is 415 Å². The maximum absolute atomic E-state index is 11.5. The van der Waals surface area contributed by atoms with Crippen molar-refractivity contribution >= 4 is 17.9 Å². The van der Waals surface area contributed by atoms with Gasteiger partial charge in [-0.15, -0.1) is 15.3 Å². The average Bonchev–Trinajstić information content (AvgIpc) is 4.24. The smallest absolute Gasteiger partial charge is 0.337 e. The maximum atomic E-state index is 11.5. The number of ether oxygens (including phenoxy) is 6. The SMILES string of the molecule is COC(=O)c1ccc(-c2cn(Cc3ccc(OC)cc3)nn2)cc1.COC(=O)c1ccc(-c2cn(Cc3ccc(OC)cc3)nn2)cc1.COC(=O)c1ccc(-c2cn(Cc3ccc(OC)cc3)nn2)cc1. The minimum atomic E-state index is -0.357. The van der Waals surface area contributed by atoms with Crippen LogP contribution in [0.25, 0.3) is 33.8 Å². The summed E-state index contributed by atoms with van der Waals surface area (Å²) in [5.74, 6) is 1.40. The highest BCUT2D eigenvalue weighted by molar-refractivity contribution is 5.91. The molecule has 0 aliphatic carbocycles. The zero-order chi connectivity index (χ0) is 50.8. The second kappa shape index (κ2) is 24.7. The molecule has 0 atom stereocenters. The lowest BCUT2D eigenvalue weighted by atomic mass is 10.1. The minimum Gasteiger partial charge on any atom is -0.497 e. The van der Waals surface area contributed by atoms with Crippen LogP contribution in [-0.4, -0.2) is 106 Å². The van der Waals surface area contributed by atoms with Crippen molar-refractivity contribution in [3.63, 3.8) is 0 Å². The molecule has 9 rings (SSSR count). The molecule has 6 aromatic carbocycles. The highest BCUT2D eigenvalue weighted by atomic mass is 16.5. The van der Waals surface area contributed by atoms with E-state index in [0.717, 1.165) is 67.7 Å². The van der Waals surface area contributed by atoms with Gasteiger partial charge in [0, 0.05) is 16.7 Å². The molecule has 3 aromatic heterocycles. The Kier molecular flexibility index (Phi) is 17.3. The molecule has 366 valence electrons. The number of benzene rings is 6. The summed E-state index contributed by atoms with van der Waals surface area (Å²) in [7, 11) is 9.02. The van der Waals surface area contributed by atoms with Gasteiger partial charge in [0.1, 0.15) is 34.3 Å². The standard InChI is InChI=1S/3C18H17N3O3/c3*1-23-16-9-3-13(4-10-16)11-21-12-17(19-20-21)14-5-7-15(8-6-14)18(22)24-2/h3*3-10,12H,11H2,1-2H3. The molecule has 18 nitrogen and oxygen atoms in total. The molecule has 0 fully saturated rings. The predicted octanol–water partition coefficient (Wildman–Crippen LogP) is 8.37. The van der Waals surface area contributed by atoms with Gasteiger partial charge >= 0.3 is 17.9 Å². The lowest BCUT2D eigenvalue weighted by Gasteiger charge is -2.03. The first-order chi connectivity index (χ1) is 35.1. The number of nitrogens with zero attached hydrogens (tertiary/aromatic N) is 9. The van der Waals surface area contributed by atoms with E-state index < -0.39 is 0 Å². The third-order valence-electron chi connectivity index (χ3n) is 10.9. The van der Waals surface area contributed by atoms with Crippen LogP contribution in [0.5, 0.6) is 17.2 Å². The summed E-state index contributed by atoms with van der Waals surface area (Å²) in [4.78, 5) is 34.4. The molecule has 0 saturated carbocycles. The number of rotatable bonds is 15. The maximum Gasteiger partial charge on any atom is 0.337 e. The summed E-state index contributed by atoms with van der Waals surface area (Å²) >= 11 is 0. The number of hydrogen-bond acceptors (Lipinski definition) is 15. The molecule has 0 radical (unpaired) electrons. The van der Waals surface area contributed by atoms with Gasteiger partial charge in [-0.1, -0.05) is 88.4 Å². The normalized spacial score (nSPS) is 10.4. The van der Waals surface area contributed by atoms with Crippen LogP contribution in [-0.2, 0) is 33.8 Å². The van der Waals surface area contributed by atoms with Gasteiger partial charge < -0.3 is 28.4 Å². The fraction of sp³-hybridized carbons (Fsp3) is 0.167. The zero-order valence-corrected chi connectivity index (χ0v) is 40.4. The molecular formula is C54H51N9O9. The van der Waals surface area contributed by atoms with E-state index in [0.29, 0.717) is 36.3 Å². The highest BCUT2D eigenvalue weighted by Gasteiger charge is 2.12. The fourth-order valence-corrected chi connectivity index (χ4v) is 6.96. The first-order valence-corrected chi connectivity index (χ1v) is 22.2. The summed E-state index contributed by atoms with van der Waals surface area (Å²) < 4.78 is 34.8. The second-order valence-electron chi connectivity index (χ2n) is 15.7. The molecule has 0 saturated heterocycles. The van der Waals surface area contributed by atoms with E-state index in [9.17, 15) is 14.4 Å². The summed E-state index contributed by atoms with van der Waals surface area (Å²) in [6.45, 7) is 1.87. The van der Waals surface area contributed by atoms with Gasteiger partial charge in [-0.25, -0.2) is 28.4 Å². The van der Waals surface area contributed by atoms with Crippen molar-refractivity contribution in [3.8, 4) is 51.0 Å². The van der Waals surface area contributed by atoms with Crippen molar-refractivity contribution in [1.29, 1.82) is 0 Å². The number of hydrogen-bond donors (Lipinski definition) is 0. The van der Waals surface area contributed by atoms with Crippen molar-refractivity contribution in [2.24, 2.45) is 0 Å². The Balaban J connectivity index is 0.000000158. The van der Waals surface area contributed by atoms with Gasteiger partial charge in [0.2, 0.25) is 0 Å². The van der Waals surface area contributed by atoms with Crippen LogP contribution < -0.4 is 14.2 Å². The van der Waals surface area contributed by atoms with Crippen molar-refractivity contribution < 1.29 is 42.8 Å². The fourth-order valence-electron chi connectivity index (χ4n) is 6.96. The van der Waals surface area contributed by atoms with Crippen LogP contribution in [0.3, 0.4) is 0 Å². The van der Waals surface area contributed by atoms with Crippen LogP contribution in [0.1, 0.15) is 47.8 Å². The molecule has 0 unspecified atom stereocenters. The molecule has 18 heteroatoms. The molecule has 0 aliphatic heterocycles. The third-order valence-corrected chi connectivity index (χ3v) is 10.9. The van der Waals surface area contributed by atoms with Gasteiger partial charge in [-0.3, -0.25) is 0 Å². The van der Waals surface area contributed by atoms with Crippen LogP contribution in [0.15, 0.2) is 164 Å². The van der Waals surface area contributed by atoms with Crippen molar-refractivity contribution in [1.82, 2.24) is 45.0 Å². The molecule has 9 aromatic rings. The van der Waals surface area contributed by atoms with Gasteiger partial charge in [0.05, 0.1) is 97.6 Å². The zero-order valence-electron chi connectivity index (χ0n) is 40.4. The molecule has 0 bridgehead atoms. The summed E-state index contributed by atoms with van der Waals surface area (Å²) in [5.41, 5.74) is 9.76. The van der Waals surface area contributed by atoms with E-state index in [1.54, 1.807) is 71.8 Å². The summed E-state index contributed by atoms with van der Waals surface area (Å²) in [5, 5.41) is 25.0. The predicted molar refractivity (Wildman–Crippen MR) is 267 cm³/mol. The van der Waals surface area contributed by atoms with Gasteiger partial charge in [-0.05, 0) is 89.5 Å². The number of aromatic nitrogens is 9. The average molecular weight is 970 g/mol. The molecule has 0 N–H and O–H groups in total. The van der Waals surface area contributed by atoms with Crippen LogP contribution in [0, 0.1) is 0 Å². The van der Waals surface area contributed by atoms with Crippen molar-refractivity contribution in [2.45, 2.75) is 19.6 Å². The van der Waals surface area contributed by atoms with E-state index >= 15 is 0 Å². The summed E-state index contributed by atoms with van der Waals surface area (Å²) in [6.07, 6.45) is 5.62. The Morgan fingerprint density at radius 2 is 0.583 bits per heavy atom. The first-order valence-electron chi connectivity index (χ1n) is 22.2. The van der Waals surface area contributed by atoms with Gasteiger partial charge in [0.25, 0.3) is 0 Å². The highest BCUT2D eigenvalue weighted by Crippen LogP contribution is 2.22. The number of carbonyl (C=O) groups is 3. The number of methoxy groups -OCH3 is 6. The lowest BCUT2D eigenvalue weighted by Crippen LogP contribution is -2.00. The first kappa shape index (κ1) is 50.4. The topological polar surface area (TPSA) is 199 Å². The largest absolute Gasteiger partial charge is 0.497 e. The van der Waals surface area contributed by atoms with Crippen molar-refractivity contribution in [2.75, 3.05) is 42.7 Å². The number of carbonyl (C=O) groups excluding carboxylic acids is 3. The third kappa shape index (κ3) is 13.6. The van der Waals surface area contributed by atoms with Gasteiger partial charge in [-0.2, -0.15) is 0 Å². The van der Waals surface area contributed by atoms with E-state index in [2.05, 4.69) is 45.1 Å². The Bertz CT molecular complexity index is 2810. The molecule has 0 amide bonds. The lowest BCUT2D eigenvalue weighted by molar-refractivity contribution is 0.0592. The van der Waals surface area contributed by atoms with Crippen LogP contribution in [0.2, 0.25) is 0 Å². The Morgan fingerprint density at radius 3 is 0.792 bits per heavy atom. The Morgan fingerprint density at radius 1 is 0.347 bits per heavy atom. The second-order valence-corrected chi connectivity index (χ2v) is 15.7.